The number of nitriles is 1. The highest BCUT2D eigenvalue weighted by atomic mass is 16.6. The van der Waals surface area contributed by atoms with Crippen LogP contribution in [0.5, 0.6) is 11.5 Å². The van der Waals surface area contributed by atoms with Crippen molar-refractivity contribution in [3.05, 3.63) is 59.2 Å². The van der Waals surface area contributed by atoms with Gasteiger partial charge < -0.3 is 14.2 Å². The molecule has 5 nitrogen and oxygen atoms in total. The van der Waals surface area contributed by atoms with Gasteiger partial charge in [0.15, 0.2) is 6.61 Å². The number of nitrogens with zero attached hydrogens (tertiary/aromatic N) is 1. The minimum absolute atomic E-state index is 0.125. The van der Waals surface area contributed by atoms with Crippen LogP contribution in [-0.2, 0) is 16.1 Å². The molecule has 0 aliphatic carbocycles. The SMILES string of the molecule is COc1ccc(C)cc1COC(=O)COc1ccc(C#N)cc1. The Morgan fingerprint density at radius 2 is 1.91 bits per heavy atom. The van der Waals surface area contributed by atoms with Crippen molar-refractivity contribution in [3.63, 3.8) is 0 Å². The van der Waals surface area contributed by atoms with Gasteiger partial charge in [-0.05, 0) is 43.3 Å². The maximum atomic E-state index is 11.8. The number of carbonyl (C=O) groups is 1. The Labute approximate surface area is 135 Å². The van der Waals surface area contributed by atoms with Gasteiger partial charge in [-0.15, -0.1) is 0 Å². The second-order valence-corrected chi connectivity index (χ2v) is 4.90. The molecule has 23 heavy (non-hydrogen) atoms. The van der Waals surface area contributed by atoms with Crippen LogP contribution in [0.15, 0.2) is 42.5 Å². The second-order valence-electron chi connectivity index (χ2n) is 4.90. The van der Waals surface area contributed by atoms with Gasteiger partial charge in [0.25, 0.3) is 0 Å². The number of ether oxygens (including phenoxy) is 3. The maximum absolute atomic E-state index is 11.8. The summed E-state index contributed by atoms with van der Waals surface area (Å²) < 4.78 is 15.8. The molecule has 2 aromatic rings. The van der Waals surface area contributed by atoms with E-state index in [0.717, 1.165) is 11.1 Å². The zero-order valence-electron chi connectivity index (χ0n) is 13.0. The van der Waals surface area contributed by atoms with Crippen molar-refractivity contribution in [2.45, 2.75) is 13.5 Å². The Morgan fingerprint density at radius 3 is 2.57 bits per heavy atom. The van der Waals surface area contributed by atoms with Gasteiger partial charge in [-0.3, -0.25) is 0 Å². The van der Waals surface area contributed by atoms with Crippen molar-refractivity contribution in [2.75, 3.05) is 13.7 Å². The molecule has 0 unspecified atom stereocenters. The first-order valence-electron chi connectivity index (χ1n) is 7.04. The summed E-state index contributed by atoms with van der Waals surface area (Å²) in [5.41, 5.74) is 2.40. The van der Waals surface area contributed by atoms with Crippen molar-refractivity contribution >= 4 is 5.97 Å². The lowest BCUT2D eigenvalue weighted by Crippen LogP contribution is -2.15. The van der Waals surface area contributed by atoms with Crippen LogP contribution in [0.4, 0.5) is 0 Å². The fraction of sp³-hybridized carbons (Fsp3) is 0.222. The van der Waals surface area contributed by atoms with Crippen LogP contribution in [-0.4, -0.2) is 19.7 Å². The number of hydrogen-bond acceptors (Lipinski definition) is 5. The van der Waals surface area contributed by atoms with Crippen LogP contribution < -0.4 is 9.47 Å². The standard InChI is InChI=1S/C18H17NO4/c1-13-3-8-17(21-2)15(9-13)11-23-18(20)12-22-16-6-4-14(10-19)5-7-16/h3-9H,11-12H2,1-2H3. The Bertz CT molecular complexity index is 717. The summed E-state index contributed by atoms with van der Waals surface area (Å²) >= 11 is 0. The van der Waals surface area contributed by atoms with Gasteiger partial charge in [0.05, 0.1) is 18.7 Å². The zero-order valence-corrected chi connectivity index (χ0v) is 13.0. The molecule has 0 saturated carbocycles. The predicted octanol–water partition coefficient (Wildman–Crippen LogP) is 3.00. The van der Waals surface area contributed by atoms with Crippen molar-refractivity contribution < 1.29 is 19.0 Å². The topological polar surface area (TPSA) is 68.6 Å². The van der Waals surface area contributed by atoms with E-state index in [1.54, 1.807) is 31.4 Å². The van der Waals surface area contributed by atoms with Crippen LogP contribution >= 0.6 is 0 Å². The Hall–Kier alpha value is -3.00. The van der Waals surface area contributed by atoms with Gasteiger partial charge in [0.1, 0.15) is 18.1 Å². The van der Waals surface area contributed by atoms with Crippen molar-refractivity contribution in [3.8, 4) is 17.6 Å². The third-order valence-electron chi connectivity index (χ3n) is 3.16. The third-order valence-corrected chi connectivity index (χ3v) is 3.16. The number of hydrogen-bond donors (Lipinski definition) is 0. The minimum atomic E-state index is -0.474. The molecule has 0 heterocycles. The number of aryl methyl sites for hydroxylation is 1. The lowest BCUT2D eigenvalue weighted by Gasteiger charge is -2.11. The van der Waals surface area contributed by atoms with E-state index in [2.05, 4.69) is 0 Å². The molecule has 2 aromatic carbocycles. The first kappa shape index (κ1) is 16.4. The smallest absolute Gasteiger partial charge is 0.344 e. The van der Waals surface area contributed by atoms with Crippen molar-refractivity contribution in [1.82, 2.24) is 0 Å². The van der Waals surface area contributed by atoms with E-state index in [4.69, 9.17) is 19.5 Å². The van der Waals surface area contributed by atoms with E-state index in [1.807, 2.05) is 31.2 Å². The van der Waals surface area contributed by atoms with Gasteiger partial charge in [0, 0.05) is 5.56 Å². The molecule has 0 aliphatic heterocycles. The molecule has 0 fully saturated rings. The molecule has 0 atom stereocenters. The van der Waals surface area contributed by atoms with E-state index >= 15 is 0 Å². The lowest BCUT2D eigenvalue weighted by atomic mass is 10.1. The van der Waals surface area contributed by atoms with E-state index in [9.17, 15) is 4.79 Å². The van der Waals surface area contributed by atoms with Crippen LogP contribution in [0.2, 0.25) is 0 Å². The molecule has 0 spiro atoms. The normalized spacial score (nSPS) is 9.78. The molecule has 0 saturated heterocycles. The van der Waals surface area contributed by atoms with E-state index in [1.165, 1.54) is 0 Å². The number of rotatable bonds is 6. The molecule has 0 aliphatic rings. The molecule has 5 heteroatoms. The van der Waals surface area contributed by atoms with Gasteiger partial charge >= 0.3 is 5.97 Å². The predicted molar refractivity (Wildman–Crippen MR) is 84.2 cm³/mol. The number of benzene rings is 2. The molecule has 2 rings (SSSR count). The molecule has 0 N–H and O–H groups in total. The number of methoxy groups -OCH3 is 1. The molecule has 0 amide bonds. The summed E-state index contributed by atoms with van der Waals surface area (Å²) in [4.78, 5) is 11.8. The molecule has 0 radical (unpaired) electrons. The Morgan fingerprint density at radius 1 is 1.17 bits per heavy atom. The summed E-state index contributed by atoms with van der Waals surface area (Å²) in [6.45, 7) is 1.89. The van der Waals surface area contributed by atoms with Crippen LogP contribution in [0, 0.1) is 18.3 Å². The quantitative estimate of drug-likeness (QED) is 0.767. The average Bonchev–Trinajstić information content (AvgIpc) is 2.58. The largest absolute Gasteiger partial charge is 0.496 e. The van der Waals surface area contributed by atoms with Gasteiger partial charge in [-0.2, -0.15) is 5.26 Å². The van der Waals surface area contributed by atoms with Gasteiger partial charge in [0.2, 0.25) is 0 Å². The number of carbonyl (C=O) groups excluding carboxylic acids is 1. The Balaban J connectivity index is 1.85. The minimum Gasteiger partial charge on any atom is -0.496 e. The highest BCUT2D eigenvalue weighted by Gasteiger charge is 2.08. The summed E-state index contributed by atoms with van der Waals surface area (Å²) in [5.74, 6) is 0.711. The lowest BCUT2D eigenvalue weighted by molar-refractivity contribution is -0.147. The molecule has 118 valence electrons. The summed E-state index contributed by atoms with van der Waals surface area (Å²) in [5, 5.41) is 8.71. The van der Waals surface area contributed by atoms with E-state index < -0.39 is 5.97 Å². The first-order chi connectivity index (χ1) is 11.1. The van der Waals surface area contributed by atoms with Crippen molar-refractivity contribution in [1.29, 1.82) is 5.26 Å². The van der Waals surface area contributed by atoms with Gasteiger partial charge in [-0.1, -0.05) is 11.6 Å². The second kappa shape index (κ2) is 7.85. The third kappa shape index (κ3) is 4.75. The molecule has 0 aromatic heterocycles. The molecular weight excluding hydrogens is 294 g/mol. The van der Waals surface area contributed by atoms with Crippen LogP contribution in [0.25, 0.3) is 0 Å². The molecule has 0 bridgehead atoms. The van der Waals surface area contributed by atoms with E-state index in [-0.39, 0.29) is 13.2 Å². The first-order valence-corrected chi connectivity index (χ1v) is 7.04. The summed E-state index contributed by atoms with van der Waals surface area (Å²) in [6.07, 6.45) is 0. The highest BCUT2D eigenvalue weighted by molar-refractivity contribution is 5.71. The fourth-order valence-corrected chi connectivity index (χ4v) is 1.99. The fourth-order valence-electron chi connectivity index (χ4n) is 1.99. The number of esters is 1. The van der Waals surface area contributed by atoms with E-state index in [0.29, 0.717) is 17.1 Å². The summed E-state index contributed by atoms with van der Waals surface area (Å²) in [6, 6.07) is 14.2. The van der Waals surface area contributed by atoms with Gasteiger partial charge in [-0.25, -0.2) is 4.79 Å². The Kier molecular flexibility index (Phi) is 5.59. The van der Waals surface area contributed by atoms with Crippen molar-refractivity contribution in [2.24, 2.45) is 0 Å². The molecular formula is C18H17NO4. The maximum Gasteiger partial charge on any atom is 0.344 e. The zero-order chi connectivity index (χ0) is 16.7. The van der Waals surface area contributed by atoms with Crippen LogP contribution in [0.1, 0.15) is 16.7 Å². The summed E-state index contributed by atoms with van der Waals surface area (Å²) in [7, 11) is 1.57. The monoisotopic (exact) mass is 311 g/mol. The van der Waals surface area contributed by atoms with Crippen LogP contribution in [0.3, 0.4) is 0 Å². The average molecular weight is 311 g/mol. The highest BCUT2D eigenvalue weighted by Crippen LogP contribution is 2.20.